The molecule has 0 unspecified atom stereocenters. The van der Waals surface area contributed by atoms with E-state index in [4.69, 9.17) is 49.4 Å². The number of carbonyl (C=O) groups is 1. The molecule has 0 bridgehead atoms. The van der Waals surface area contributed by atoms with Gasteiger partial charge in [-0.15, -0.1) is 0 Å². The fourth-order valence-electron chi connectivity index (χ4n) is 2.67. The summed E-state index contributed by atoms with van der Waals surface area (Å²) in [6, 6.07) is 13.1. The average Bonchev–Trinajstić information content (AvgIpc) is 2.66. The molecule has 0 aliphatic carbocycles. The molecule has 4 nitrogen and oxygen atoms in total. The SMILES string of the molecule is O=C(O)c1ccc(/C=C/c2cc3c(cc2Cl)Oc2cc(Cl)c(Cl)cc2O3)cc1. The van der Waals surface area contributed by atoms with Gasteiger partial charge in [-0.3, -0.25) is 0 Å². The van der Waals surface area contributed by atoms with Gasteiger partial charge >= 0.3 is 5.97 Å². The van der Waals surface area contributed by atoms with E-state index in [9.17, 15) is 4.79 Å². The summed E-state index contributed by atoms with van der Waals surface area (Å²) in [7, 11) is 0. The molecule has 1 N–H and O–H groups in total. The van der Waals surface area contributed by atoms with Crippen LogP contribution in [0.3, 0.4) is 0 Å². The van der Waals surface area contributed by atoms with E-state index in [0.29, 0.717) is 38.1 Å². The first-order chi connectivity index (χ1) is 13.4. The second-order valence-corrected chi connectivity index (χ2v) is 7.22. The molecule has 0 spiro atoms. The Kier molecular flexibility index (Phi) is 4.94. The Balaban J connectivity index is 1.62. The lowest BCUT2D eigenvalue weighted by atomic mass is 10.1. The molecule has 1 heterocycles. The number of fused-ring (bicyclic) bond motifs is 2. The smallest absolute Gasteiger partial charge is 0.335 e. The van der Waals surface area contributed by atoms with E-state index in [1.165, 1.54) is 0 Å². The summed E-state index contributed by atoms with van der Waals surface area (Å²) in [6.07, 6.45) is 3.64. The molecule has 7 heteroatoms. The molecule has 4 rings (SSSR count). The van der Waals surface area contributed by atoms with Crippen LogP contribution in [-0.2, 0) is 0 Å². The zero-order chi connectivity index (χ0) is 19.8. The number of hydrogen-bond acceptors (Lipinski definition) is 3. The molecule has 28 heavy (non-hydrogen) atoms. The number of ether oxygens (including phenoxy) is 2. The van der Waals surface area contributed by atoms with Crippen LogP contribution < -0.4 is 9.47 Å². The summed E-state index contributed by atoms with van der Waals surface area (Å²) in [5, 5.41) is 10.2. The molecule has 0 saturated carbocycles. The first-order valence-corrected chi connectivity index (χ1v) is 9.24. The van der Waals surface area contributed by atoms with Crippen molar-refractivity contribution in [2.75, 3.05) is 0 Å². The highest BCUT2D eigenvalue weighted by molar-refractivity contribution is 6.42. The van der Waals surface area contributed by atoms with Crippen LogP contribution in [0.5, 0.6) is 23.0 Å². The Morgan fingerprint density at radius 2 is 1.25 bits per heavy atom. The quantitative estimate of drug-likeness (QED) is 0.342. The van der Waals surface area contributed by atoms with E-state index in [0.717, 1.165) is 11.1 Å². The summed E-state index contributed by atoms with van der Waals surface area (Å²) in [5.41, 5.74) is 1.78. The molecule has 0 saturated heterocycles. The molecule has 3 aromatic carbocycles. The molecule has 0 atom stereocenters. The molecule has 3 aromatic rings. The topological polar surface area (TPSA) is 55.8 Å². The molecule has 0 fully saturated rings. The van der Waals surface area contributed by atoms with Gasteiger partial charge in [-0.2, -0.15) is 0 Å². The van der Waals surface area contributed by atoms with Gasteiger partial charge in [0.2, 0.25) is 0 Å². The molecule has 0 amide bonds. The third-order valence-corrected chi connectivity index (χ3v) is 5.15. The highest BCUT2D eigenvalue weighted by Crippen LogP contribution is 2.49. The molecular formula is C21H11Cl3O4. The van der Waals surface area contributed by atoms with Crippen LogP contribution >= 0.6 is 34.8 Å². The van der Waals surface area contributed by atoms with Gasteiger partial charge < -0.3 is 14.6 Å². The van der Waals surface area contributed by atoms with E-state index in [2.05, 4.69) is 0 Å². The first-order valence-electron chi connectivity index (χ1n) is 8.10. The first kappa shape index (κ1) is 18.7. The van der Waals surface area contributed by atoms with Crippen molar-refractivity contribution in [3.05, 3.63) is 80.3 Å². The highest BCUT2D eigenvalue weighted by atomic mass is 35.5. The van der Waals surface area contributed by atoms with Gasteiger partial charge in [0.25, 0.3) is 0 Å². The maximum absolute atomic E-state index is 10.9. The summed E-state index contributed by atoms with van der Waals surface area (Å²) >= 11 is 18.4. The van der Waals surface area contributed by atoms with Crippen LogP contribution in [0.25, 0.3) is 12.2 Å². The third-order valence-electron chi connectivity index (χ3n) is 4.10. The van der Waals surface area contributed by atoms with Crippen molar-refractivity contribution in [3.8, 4) is 23.0 Å². The monoisotopic (exact) mass is 432 g/mol. The van der Waals surface area contributed by atoms with E-state index < -0.39 is 5.97 Å². The fourth-order valence-corrected chi connectivity index (χ4v) is 3.19. The number of carboxylic acids is 1. The maximum atomic E-state index is 10.9. The van der Waals surface area contributed by atoms with Gasteiger partial charge in [-0.25, -0.2) is 4.79 Å². The summed E-state index contributed by atoms with van der Waals surface area (Å²) in [6.45, 7) is 0. The third kappa shape index (κ3) is 3.67. The number of halogens is 3. The molecule has 0 aromatic heterocycles. The maximum Gasteiger partial charge on any atom is 0.335 e. The summed E-state index contributed by atoms with van der Waals surface area (Å²) in [4.78, 5) is 10.9. The number of aromatic carboxylic acids is 1. The molecular weight excluding hydrogens is 423 g/mol. The highest BCUT2D eigenvalue weighted by Gasteiger charge is 2.22. The molecule has 140 valence electrons. The van der Waals surface area contributed by atoms with Crippen molar-refractivity contribution < 1.29 is 19.4 Å². The number of benzene rings is 3. The minimum Gasteiger partial charge on any atom is -0.478 e. The lowest BCUT2D eigenvalue weighted by molar-refractivity contribution is 0.0697. The van der Waals surface area contributed by atoms with Crippen molar-refractivity contribution in [3.63, 3.8) is 0 Å². The standard InChI is InChI=1S/C21H11Cl3O4/c22-14-8-18-17(27-19-9-15(23)16(24)10-20(19)28-18)7-13(14)6-3-11-1-4-12(5-2-11)21(25)26/h1-10H,(H,25,26)/b6-3+. The minimum absolute atomic E-state index is 0.229. The van der Waals surface area contributed by atoms with Crippen LogP contribution in [0.1, 0.15) is 21.5 Å². The van der Waals surface area contributed by atoms with Gasteiger partial charge in [0.05, 0.1) is 20.6 Å². The number of rotatable bonds is 3. The lowest BCUT2D eigenvalue weighted by Gasteiger charge is -2.22. The largest absolute Gasteiger partial charge is 0.478 e. The van der Waals surface area contributed by atoms with Gasteiger partial charge in [-0.1, -0.05) is 59.1 Å². The zero-order valence-electron chi connectivity index (χ0n) is 14.1. The Morgan fingerprint density at radius 1 is 0.750 bits per heavy atom. The predicted molar refractivity (Wildman–Crippen MR) is 110 cm³/mol. The lowest BCUT2D eigenvalue weighted by Crippen LogP contribution is -1.99. The van der Waals surface area contributed by atoms with Crippen LogP contribution in [0.15, 0.2) is 48.5 Å². The fraction of sp³-hybridized carbons (Fsp3) is 0. The van der Waals surface area contributed by atoms with E-state index in [-0.39, 0.29) is 5.56 Å². The summed E-state index contributed by atoms with van der Waals surface area (Å²) < 4.78 is 11.7. The Morgan fingerprint density at radius 3 is 1.79 bits per heavy atom. The Hall–Kier alpha value is -2.66. The van der Waals surface area contributed by atoms with Crippen LogP contribution in [-0.4, -0.2) is 11.1 Å². The second-order valence-electron chi connectivity index (χ2n) is 6.00. The van der Waals surface area contributed by atoms with Gasteiger partial charge in [0.15, 0.2) is 23.0 Å². The van der Waals surface area contributed by atoms with E-state index in [1.54, 1.807) is 48.5 Å². The Labute approximate surface area is 175 Å². The van der Waals surface area contributed by atoms with Crippen LogP contribution in [0.4, 0.5) is 0 Å². The molecule has 0 radical (unpaired) electrons. The van der Waals surface area contributed by atoms with Crippen molar-refractivity contribution in [1.29, 1.82) is 0 Å². The normalized spacial score (nSPS) is 12.1. The van der Waals surface area contributed by atoms with Crippen LogP contribution in [0.2, 0.25) is 15.1 Å². The predicted octanol–water partition coefficient (Wildman–Crippen LogP) is 7.41. The Bertz CT molecular complexity index is 1120. The van der Waals surface area contributed by atoms with Gasteiger partial charge in [0.1, 0.15) is 0 Å². The van der Waals surface area contributed by atoms with E-state index >= 15 is 0 Å². The van der Waals surface area contributed by atoms with Gasteiger partial charge in [-0.05, 0) is 29.3 Å². The molecule has 1 aliphatic heterocycles. The van der Waals surface area contributed by atoms with Crippen molar-refractivity contribution in [2.24, 2.45) is 0 Å². The van der Waals surface area contributed by atoms with Gasteiger partial charge in [0, 0.05) is 18.2 Å². The van der Waals surface area contributed by atoms with Crippen molar-refractivity contribution in [2.45, 2.75) is 0 Å². The van der Waals surface area contributed by atoms with Crippen molar-refractivity contribution in [1.82, 2.24) is 0 Å². The van der Waals surface area contributed by atoms with E-state index in [1.807, 2.05) is 12.2 Å². The second kappa shape index (κ2) is 7.40. The van der Waals surface area contributed by atoms with Crippen molar-refractivity contribution >= 4 is 52.9 Å². The zero-order valence-corrected chi connectivity index (χ0v) is 16.3. The molecule has 1 aliphatic rings. The minimum atomic E-state index is -0.966. The number of hydrogen-bond donors (Lipinski definition) is 1. The average molecular weight is 434 g/mol. The van der Waals surface area contributed by atoms with Crippen LogP contribution in [0, 0.1) is 0 Å². The number of carboxylic acid groups (broad SMARTS) is 1. The summed E-state index contributed by atoms with van der Waals surface area (Å²) in [5.74, 6) is 0.922.